The van der Waals surface area contributed by atoms with Gasteiger partial charge in [0.25, 0.3) is 0 Å². The molecule has 0 unspecified atom stereocenters. The molecule has 0 amide bonds. The Morgan fingerprint density at radius 2 is 1.45 bits per heavy atom. The zero-order valence-corrected chi connectivity index (χ0v) is 23.9. The molecule has 3 aromatic carbocycles. The Kier molecular flexibility index (Phi) is 11.5. The van der Waals surface area contributed by atoms with Crippen LogP contribution in [0.15, 0.2) is 171 Å². The number of nitrogens with zero attached hydrogens (tertiary/aromatic N) is 1. The van der Waals surface area contributed by atoms with Crippen LogP contribution in [0.5, 0.6) is 0 Å². The van der Waals surface area contributed by atoms with E-state index in [1.54, 1.807) is 6.08 Å². The van der Waals surface area contributed by atoms with Crippen molar-refractivity contribution < 1.29 is 0 Å². The summed E-state index contributed by atoms with van der Waals surface area (Å²) in [5.74, 6) is 0. The maximum Gasteiger partial charge on any atom is 0.0540 e. The molecule has 1 aliphatic heterocycles. The Labute approximate surface area is 241 Å². The third kappa shape index (κ3) is 7.82. The summed E-state index contributed by atoms with van der Waals surface area (Å²) in [5.41, 5.74) is 10.1. The molecule has 0 N–H and O–H groups in total. The van der Waals surface area contributed by atoms with Gasteiger partial charge in [-0.25, -0.2) is 0 Å². The number of anilines is 2. The van der Waals surface area contributed by atoms with E-state index in [1.165, 1.54) is 22.3 Å². The van der Waals surface area contributed by atoms with Crippen molar-refractivity contribution in [3.8, 4) is 11.1 Å². The van der Waals surface area contributed by atoms with E-state index in [1.807, 2.05) is 37.3 Å². The fraction of sp³-hybridized carbons (Fsp3) is 0.0769. The van der Waals surface area contributed by atoms with E-state index >= 15 is 0 Å². The van der Waals surface area contributed by atoms with Crippen molar-refractivity contribution in [1.29, 1.82) is 0 Å². The average Bonchev–Trinajstić information content (AvgIpc) is 2.99. The molecular weight excluding hydrogens is 482 g/mol. The molecule has 1 nitrogen and oxygen atoms in total. The van der Waals surface area contributed by atoms with Gasteiger partial charge in [0.1, 0.15) is 0 Å². The zero-order valence-electron chi connectivity index (χ0n) is 23.9. The number of hydrogen-bond donors (Lipinski definition) is 0. The summed E-state index contributed by atoms with van der Waals surface area (Å²) in [7, 11) is 0. The number of benzene rings is 3. The Bertz CT molecular complexity index is 1490. The van der Waals surface area contributed by atoms with Gasteiger partial charge in [-0.1, -0.05) is 135 Å². The second-order valence-electron chi connectivity index (χ2n) is 9.11. The first kappa shape index (κ1) is 29.7. The minimum atomic E-state index is 0.934. The first-order valence-electron chi connectivity index (χ1n) is 13.6. The van der Waals surface area contributed by atoms with Crippen LogP contribution in [-0.2, 0) is 0 Å². The maximum absolute atomic E-state index is 4.36. The maximum atomic E-state index is 4.36. The first-order chi connectivity index (χ1) is 19.5. The molecule has 0 fully saturated rings. The van der Waals surface area contributed by atoms with E-state index in [9.17, 15) is 0 Å². The first-order valence-corrected chi connectivity index (χ1v) is 13.6. The number of para-hydroxylation sites is 1. The minimum absolute atomic E-state index is 0.934. The Hall–Kier alpha value is -4.88. The lowest BCUT2D eigenvalue weighted by Crippen LogP contribution is -2.16. The van der Waals surface area contributed by atoms with Crippen LogP contribution in [0, 0.1) is 0 Å². The third-order valence-corrected chi connectivity index (χ3v) is 6.31. The van der Waals surface area contributed by atoms with Gasteiger partial charge in [-0.05, 0) is 84.5 Å². The van der Waals surface area contributed by atoms with Crippen LogP contribution in [0.4, 0.5) is 11.4 Å². The lowest BCUT2D eigenvalue weighted by Gasteiger charge is -2.29. The average molecular weight is 522 g/mol. The highest BCUT2D eigenvalue weighted by Gasteiger charge is 2.19. The Morgan fingerprint density at radius 1 is 0.775 bits per heavy atom. The van der Waals surface area contributed by atoms with Crippen LogP contribution in [-0.4, -0.2) is 0 Å². The van der Waals surface area contributed by atoms with E-state index < -0.39 is 0 Å². The molecule has 0 saturated carbocycles. The zero-order chi connectivity index (χ0) is 28.7. The standard InChI is InChI=1S/C30H27N.C9H12/c1-4-14-24(5-2)28-21-26-18-13-12-15-23(3)31(27-19-10-7-11-20-27)30(26)22-29(28)25-16-8-6-9-17-25;1-4-6-7-8-9(3)5-2/h4-22H,3H2,1-2H3;4-8H,2-3H2,1H3/b14-4-,15-12-,18-13-,24-5+;6-4-,8-7-. The highest BCUT2D eigenvalue weighted by atomic mass is 15.1. The molecule has 0 atom stereocenters. The Morgan fingerprint density at radius 3 is 2.08 bits per heavy atom. The lowest BCUT2D eigenvalue weighted by atomic mass is 9.90. The van der Waals surface area contributed by atoms with Gasteiger partial charge in [-0.15, -0.1) is 0 Å². The van der Waals surface area contributed by atoms with Gasteiger partial charge in [-0.2, -0.15) is 0 Å². The molecule has 4 rings (SSSR count). The van der Waals surface area contributed by atoms with Crippen molar-refractivity contribution in [2.75, 3.05) is 4.90 Å². The molecule has 200 valence electrons. The number of hydrogen-bond acceptors (Lipinski definition) is 1. The summed E-state index contributed by atoms with van der Waals surface area (Å²) in [5, 5.41) is 0. The molecule has 0 aromatic heterocycles. The topological polar surface area (TPSA) is 3.24 Å². The van der Waals surface area contributed by atoms with Gasteiger partial charge < -0.3 is 4.90 Å². The summed E-state index contributed by atoms with van der Waals surface area (Å²) in [6.45, 7) is 17.8. The van der Waals surface area contributed by atoms with Crippen LogP contribution in [0.1, 0.15) is 31.9 Å². The quantitative estimate of drug-likeness (QED) is 0.279. The second kappa shape index (κ2) is 15.5. The van der Waals surface area contributed by atoms with Crippen molar-refractivity contribution in [1.82, 2.24) is 0 Å². The normalized spacial score (nSPS) is 14.8. The summed E-state index contributed by atoms with van der Waals surface area (Å²) >= 11 is 0. The second-order valence-corrected chi connectivity index (χ2v) is 9.11. The third-order valence-electron chi connectivity index (χ3n) is 6.31. The van der Waals surface area contributed by atoms with E-state index in [0.717, 1.165) is 28.2 Å². The summed E-state index contributed by atoms with van der Waals surface area (Å²) in [4.78, 5) is 2.23. The largest absolute Gasteiger partial charge is 0.310 e. The summed E-state index contributed by atoms with van der Waals surface area (Å²) < 4.78 is 0. The molecule has 1 heteroatoms. The van der Waals surface area contributed by atoms with Gasteiger partial charge >= 0.3 is 0 Å². The summed E-state index contributed by atoms with van der Waals surface area (Å²) in [6, 6.07) is 25.6. The van der Waals surface area contributed by atoms with Gasteiger partial charge in [0.15, 0.2) is 0 Å². The fourth-order valence-electron chi connectivity index (χ4n) is 4.34. The van der Waals surface area contributed by atoms with E-state index in [4.69, 9.17) is 0 Å². The highest BCUT2D eigenvalue weighted by molar-refractivity contribution is 5.92. The monoisotopic (exact) mass is 521 g/mol. The van der Waals surface area contributed by atoms with Crippen LogP contribution >= 0.6 is 0 Å². The van der Waals surface area contributed by atoms with Gasteiger partial charge in [0.05, 0.1) is 5.69 Å². The summed E-state index contributed by atoms with van der Waals surface area (Å²) in [6.07, 6.45) is 24.3. The number of rotatable bonds is 7. The molecule has 0 saturated heterocycles. The number of fused-ring (bicyclic) bond motifs is 1. The fourth-order valence-corrected chi connectivity index (χ4v) is 4.34. The van der Waals surface area contributed by atoms with E-state index in [-0.39, 0.29) is 0 Å². The van der Waals surface area contributed by atoms with Gasteiger partial charge in [0, 0.05) is 11.4 Å². The van der Waals surface area contributed by atoms with Crippen molar-refractivity contribution in [3.05, 3.63) is 182 Å². The predicted molar refractivity (Wildman–Crippen MR) is 180 cm³/mol. The molecule has 1 heterocycles. The molecule has 0 spiro atoms. The van der Waals surface area contributed by atoms with E-state index in [0.29, 0.717) is 0 Å². The molecular formula is C39H39N. The Balaban J connectivity index is 0.000000424. The van der Waals surface area contributed by atoms with Crippen LogP contribution in [0.3, 0.4) is 0 Å². The van der Waals surface area contributed by atoms with Crippen molar-refractivity contribution in [2.45, 2.75) is 20.8 Å². The SMILES string of the molecule is C=C1/C=C\C=C/c2cc(C(/C=C\C)=C/C)c(-c3ccccc3)cc2N1c1ccccc1.C=CC(=C)/C=C\C=C/C. The molecule has 0 aliphatic carbocycles. The number of allylic oxidation sites excluding steroid dienone is 13. The minimum Gasteiger partial charge on any atom is -0.310 e. The van der Waals surface area contributed by atoms with Crippen LogP contribution < -0.4 is 4.90 Å². The van der Waals surface area contributed by atoms with Crippen molar-refractivity contribution in [2.24, 2.45) is 0 Å². The van der Waals surface area contributed by atoms with Crippen molar-refractivity contribution in [3.63, 3.8) is 0 Å². The molecule has 1 aliphatic rings. The molecule has 0 bridgehead atoms. The van der Waals surface area contributed by atoms with E-state index in [2.05, 4.69) is 148 Å². The molecule has 40 heavy (non-hydrogen) atoms. The predicted octanol–water partition coefficient (Wildman–Crippen LogP) is 11.4. The van der Waals surface area contributed by atoms with Crippen LogP contribution in [0.2, 0.25) is 0 Å². The lowest BCUT2D eigenvalue weighted by molar-refractivity contribution is 1.21. The molecule has 0 radical (unpaired) electrons. The van der Waals surface area contributed by atoms with Crippen LogP contribution in [0.25, 0.3) is 22.8 Å². The highest BCUT2D eigenvalue weighted by Crippen LogP contribution is 2.41. The van der Waals surface area contributed by atoms with Gasteiger partial charge in [0.2, 0.25) is 0 Å². The van der Waals surface area contributed by atoms with Gasteiger partial charge in [-0.3, -0.25) is 0 Å². The van der Waals surface area contributed by atoms with Crippen molar-refractivity contribution >= 4 is 23.0 Å². The molecule has 3 aromatic rings. The smallest absolute Gasteiger partial charge is 0.0540 e.